The maximum atomic E-state index is 14.0. The Kier molecular flexibility index (Phi) is 7.13. The standard InChI is InChI=1S/C29H31N3O4S/c1-20-9-6-7-12-23(20)27(34)32-24(26(33)30-21(2)22-10-4-3-5-11-22)19-36-29(32)14-16-31(17-15-29)28(35)25-13-8-18-37-25/h3-13,18,21,24H,14-17,19H2,1-2H3,(H,30,33)/t21-,24+/m0/s1. The van der Waals surface area contributed by atoms with Crippen LogP contribution in [0.5, 0.6) is 0 Å². The molecule has 2 aliphatic rings. The van der Waals surface area contributed by atoms with Gasteiger partial charge in [-0.3, -0.25) is 19.3 Å². The summed E-state index contributed by atoms with van der Waals surface area (Å²) in [5.41, 5.74) is 1.44. The zero-order valence-corrected chi connectivity index (χ0v) is 21.9. The van der Waals surface area contributed by atoms with Crippen molar-refractivity contribution in [2.75, 3.05) is 19.7 Å². The van der Waals surface area contributed by atoms with Gasteiger partial charge in [-0.15, -0.1) is 11.3 Å². The van der Waals surface area contributed by atoms with Crippen LogP contribution in [-0.4, -0.2) is 59.0 Å². The number of piperidine rings is 1. The maximum absolute atomic E-state index is 14.0. The molecule has 3 heterocycles. The van der Waals surface area contributed by atoms with E-state index in [1.165, 1.54) is 11.3 Å². The second kappa shape index (κ2) is 10.5. The van der Waals surface area contributed by atoms with Crippen LogP contribution >= 0.6 is 11.3 Å². The minimum Gasteiger partial charge on any atom is -0.353 e. The van der Waals surface area contributed by atoms with Crippen molar-refractivity contribution in [3.8, 4) is 0 Å². The Hall–Kier alpha value is -3.49. The fraction of sp³-hybridized carbons (Fsp3) is 0.345. The van der Waals surface area contributed by atoms with Gasteiger partial charge in [-0.25, -0.2) is 0 Å². The molecule has 2 saturated heterocycles. The number of thiophene rings is 1. The summed E-state index contributed by atoms with van der Waals surface area (Å²) in [4.78, 5) is 44.6. The second-order valence-electron chi connectivity index (χ2n) is 9.67. The number of likely N-dealkylation sites (tertiary alicyclic amines) is 1. The molecule has 8 heteroatoms. The number of nitrogens with one attached hydrogen (secondary N) is 1. The van der Waals surface area contributed by atoms with Gasteiger partial charge in [0.25, 0.3) is 11.8 Å². The summed E-state index contributed by atoms with van der Waals surface area (Å²) in [5.74, 6) is -0.473. The molecule has 3 aromatic rings. The number of amides is 3. The lowest BCUT2D eigenvalue weighted by atomic mass is 9.95. The monoisotopic (exact) mass is 517 g/mol. The van der Waals surface area contributed by atoms with E-state index in [0.717, 1.165) is 11.1 Å². The minimum absolute atomic E-state index is 0.00870. The van der Waals surface area contributed by atoms with Gasteiger partial charge in [-0.1, -0.05) is 54.6 Å². The molecular formula is C29H31N3O4S. The normalized spacial score (nSPS) is 19.6. The highest BCUT2D eigenvalue weighted by Gasteiger charge is 2.54. The average molecular weight is 518 g/mol. The van der Waals surface area contributed by atoms with E-state index in [-0.39, 0.29) is 30.4 Å². The van der Waals surface area contributed by atoms with Crippen LogP contribution in [-0.2, 0) is 9.53 Å². The van der Waals surface area contributed by atoms with E-state index in [4.69, 9.17) is 4.74 Å². The van der Waals surface area contributed by atoms with E-state index in [9.17, 15) is 14.4 Å². The Bertz CT molecular complexity index is 1270. The fourth-order valence-electron chi connectivity index (χ4n) is 5.26. The topological polar surface area (TPSA) is 79.0 Å². The molecule has 0 unspecified atom stereocenters. The van der Waals surface area contributed by atoms with Gasteiger partial charge in [-0.2, -0.15) is 0 Å². The molecular weight excluding hydrogens is 486 g/mol. The lowest BCUT2D eigenvalue weighted by molar-refractivity contribution is -0.128. The first-order valence-electron chi connectivity index (χ1n) is 12.6. The summed E-state index contributed by atoms with van der Waals surface area (Å²) < 4.78 is 6.33. The zero-order chi connectivity index (χ0) is 26.0. The maximum Gasteiger partial charge on any atom is 0.263 e. The van der Waals surface area contributed by atoms with Gasteiger partial charge in [0.1, 0.15) is 11.8 Å². The van der Waals surface area contributed by atoms with Crippen LogP contribution in [0.2, 0.25) is 0 Å². The Balaban J connectivity index is 1.40. The third kappa shape index (κ3) is 4.91. The van der Waals surface area contributed by atoms with E-state index >= 15 is 0 Å². The van der Waals surface area contributed by atoms with Crippen molar-refractivity contribution in [1.29, 1.82) is 0 Å². The molecule has 1 spiro atoms. The van der Waals surface area contributed by atoms with Crippen LogP contribution < -0.4 is 5.32 Å². The van der Waals surface area contributed by atoms with Crippen molar-refractivity contribution in [2.24, 2.45) is 0 Å². The molecule has 2 atom stereocenters. The SMILES string of the molecule is Cc1ccccc1C(=O)N1[C@@H](C(=O)N[C@@H](C)c2ccccc2)COC12CCN(C(=O)c1cccs1)CC2. The molecule has 1 aromatic heterocycles. The molecule has 0 saturated carbocycles. The molecule has 2 aliphatic heterocycles. The number of nitrogens with zero attached hydrogens (tertiary/aromatic N) is 2. The van der Waals surface area contributed by atoms with Crippen LogP contribution in [0.3, 0.4) is 0 Å². The summed E-state index contributed by atoms with van der Waals surface area (Å²) in [6.45, 7) is 4.84. The van der Waals surface area contributed by atoms with E-state index in [1.54, 1.807) is 11.0 Å². The lowest BCUT2D eigenvalue weighted by Crippen LogP contribution is -2.60. The zero-order valence-electron chi connectivity index (χ0n) is 21.1. The molecule has 5 rings (SSSR count). The predicted octanol–water partition coefficient (Wildman–Crippen LogP) is 4.41. The largest absolute Gasteiger partial charge is 0.353 e. The number of carbonyl (C=O) groups is 3. The summed E-state index contributed by atoms with van der Waals surface area (Å²) in [7, 11) is 0. The first-order valence-corrected chi connectivity index (χ1v) is 13.5. The molecule has 0 bridgehead atoms. The summed E-state index contributed by atoms with van der Waals surface area (Å²) in [6.07, 6.45) is 0.888. The molecule has 0 aliphatic carbocycles. The fourth-order valence-corrected chi connectivity index (χ4v) is 5.95. The molecule has 2 aromatic carbocycles. The van der Waals surface area contributed by atoms with Gasteiger partial charge in [0.2, 0.25) is 5.91 Å². The van der Waals surface area contributed by atoms with Crippen LogP contribution in [0.4, 0.5) is 0 Å². The first kappa shape index (κ1) is 25.2. The molecule has 2 fully saturated rings. The van der Waals surface area contributed by atoms with Crippen LogP contribution in [0.1, 0.15) is 57.0 Å². The van der Waals surface area contributed by atoms with E-state index < -0.39 is 11.8 Å². The van der Waals surface area contributed by atoms with Gasteiger partial charge in [-0.05, 0) is 42.5 Å². The van der Waals surface area contributed by atoms with E-state index in [1.807, 2.05) is 84.8 Å². The number of aryl methyl sites for hydroxylation is 1. The lowest BCUT2D eigenvalue weighted by Gasteiger charge is -2.44. The van der Waals surface area contributed by atoms with Gasteiger partial charge in [0.15, 0.2) is 0 Å². The summed E-state index contributed by atoms with van der Waals surface area (Å²) in [5, 5.41) is 4.97. The molecule has 3 amide bonds. The summed E-state index contributed by atoms with van der Waals surface area (Å²) >= 11 is 1.42. The molecule has 0 radical (unpaired) electrons. The number of hydrogen-bond acceptors (Lipinski definition) is 5. The predicted molar refractivity (Wildman–Crippen MR) is 142 cm³/mol. The number of hydrogen-bond donors (Lipinski definition) is 1. The molecule has 1 N–H and O–H groups in total. The number of rotatable bonds is 5. The Labute approximate surface area is 221 Å². The first-order chi connectivity index (χ1) is 17.9. The Morgan fingerprint density at radius 3 is 2.35 bits per heavy atom. The van der Waals surface area contributed by atoms with Gasteiger partial charge in [0.05, 0.1) is 17.5 Å². The molecule has 7 nitrogen and oxygen atoms in total. The second-order valence-corrected chi connectivity index (χ2v) is 10.6. The van der Waals surface area contributed by atoms with Gasteiger partial charge >= 0.3 is 0 Å². The van der Waals surface area contributed by atoms with Gasteiger partial charge in [0, 0.05) is 31.5 Å². The van der Waals surface area contributed by atoms with Crippen molar-refractivity contribution in [3.05, 3.63) is 93.7 Å². The molecule has 192 valence electrons. The average Bonchev–Trinajstić information content (AvgIpc) is 3.58. The Morgan fingerprint density at radius 1 is 0.973 bits per heavy atom. The van der Waals surface area contributed by atoms with Crippen molar-refractivity contribution < 1.29 is 19.1 Å². The van der Waals surface area contributed by atoms with Crippen molar-refractivity contribution in [2.45, 2.75) is 44.5 Å². The number of carbonyl (C=O) groups excluding carboxylic acids is 3. The Morgan fingerprint density at radius 2 is 1.68 bits per heavy atom. The highest BCUT2D eigenvalue weighted by Crippen LogP contribution is 2.39. The minimum atomic E-state index is -0.941. The highest BCUT2D eigenvalue weighted by atomic mass is 32.1. The van der Waals surface area contributed by atoms with Crippen LogP contribution in [0.25, 0.3) is 0 Å². The third-order valence-electron chi connectivity index (χ3n) is 7.38. The number of ether oxygens (including phenoxy) is 1. The smallest absolute Gasteiger partial charge is 0.263 e. The summed E-state index contributed by atoms with van der Waals surface area (Å²) in [6, 6.07) is 19.9. The van der Waals surface area contributed by atoms with Crippen LogP contribution in [0.15, 0.2) is 72.1 Å². The van der Waals surface area contributed by atoms with Crippen molar-refractivity contribution >= 4 is 29.1 Å². The van der Waals surface area contributed by atoms with E-state index in [2.05, 4.69) is 5.32 Å². The number of benzene rings is 2. The molecule has 37 heavy (non-hydrogen) atoms. The van der Waals surface area contributed by atoms with E-state index in [0.29, 0.717) is 36.4 Å². The third-order valence-corrected chi connectivity index (χ3v) is 8.24. The van der Waals surface area contributed by atoms with Crippen LogP contribution in [0, 0.1) is 6.92 Å². The van der Waals surface area contributed by atoms with Crippen molar-refractivity contribution in [3.63, 3.8) is 0 Å². The highest BCUT2D eigenvalue weighted by molar-refractivity contribution is 7.12. The van der Waals surface area contributed by atoms with Gasteiger partial charge < -0.3 is 15.0 Å². The van der Waals surface area contributed by atoms with Crippen molar-refractivity contribution in [1.82, 2.24) is 15.1 Å². The quantitative estimate of drug-likeness (QED) is 0.544.